The Balaban J connectivity index is 0.00000242. The van der Waals surface area contributed by atoms with E-state index in [9.17, 15) is 4.79 Å². The Morgan fingerprint density at radius 2 is 1.41 bits per heavy atom. The minimum atomic E-state index is -0.0190. The van der Waals surface area contributed by atoms with E-state index in [1.165, 1.54) is 0 Å². The second-order valence-corrected chi connectivity index (χ2v) is 5.50. The van der Waals surface area contributed by atoms with Crippen molar-refractivity contribution in [3.05, 3.63) is 48.0 Å². The monoisotopic (exact) mass is 312 g/mol. The van der Waals surface area contributed by atoms with Crippen LogP contribution in [-0.4, -0.2) is 45.7 Å². The van der Waals surface area contributed by atoms with Gasteiger partial charge in [0.15, 0.2) is 5.52 Å². The Morgan fingerprint density at radius 3 is 1.86 bits per heavy atom. The van der Waals surface area contributed by atoms with Gasteiger partial charge in [-0.15, -0.1) is 0 Å². The van der Waals surface area contributed by atoms with Crippen LogP contribution in [0.1, 0.15) is 10.4 Å². The van der Waals surface area contributed by atoms with Crippen LogP contribution in [0.25, 0.3) is 0 Å². The van der Waals surface area contributed by atoms with Gasteiger partial charge in [-0.25, -0.2) is 0 Å². The van der Waals surface area contributed by atoms with E-state index in [2.05, 4.69) is 0 Å². The molecule has 1 atom stereocenters. The van der Waals surface area contributed by atoms with Crippen molar-refractivity contribution in [1.82, 2.24) is 0 Å². The molecule has 0 saturated heterocycles. The maximum absolute atomic E-state index is 12.5. The van der Waals surface area contributed by atoms with Crippen LogP contribution in [0.5, 0.6) is 17.2 Å². The zero-order valence-electron chi connectivity index (χ0n) is 12.2. The van der Waals surface area contributed by atoms with Crippen molar-refractivity contribution in [2.75, 3.05) is 21.3 Å². The predicted molar refractivity (Wildman–Crippen MR) is 92.0 cm³/mol. The van der Waals surface area contributed by atoms with Crippen LogP contribution in [0.15, 0.2) is 42.5 Å². The molecule has 112 valence electrons. The summed E-state index contributed by atoms with van der Waals surface area (Å²) in [7, 11) is 4.70. The molecule has 0 aliphatic rings. The molecule has 2 aromatic carbocycles. The molecular formula is C16H18LiO4P. The third-order valence-corrected chi connectivity index (χ3v) is 4.10. The summed E-state index contributed by atoms with van der Waals surface area (Å²) in [6, 6.07) is 12.8. The fourth-order valence-corrected chi connectivity index (χ4v) is 2.91. The molecule has 0 heterocycles. The number of hydrogen-bond acceptors (Lipinski definition) is 4. The van der Waals surface area contributed by atoms with Gasteiger partial charge in [0.25, 0.3) is 0 Å². The summed E-state index contributed by atoms with van der Waals surface area (Å²) < 4.78 is 15.6. The van der Waals surface area contributed by atoms with Gasteiger partial charge in [0.2, 0.25) is 0 Å². The first-order valence-electron chi connectivity index (χ1n) is 6.36. The van der Waals surface area contributed by atoms with Crippen molar-refractivity contribution >= 4 is 38.3 Å². The van der Waals surface area contributed by atoms with Crippen LogP contribution < -0.4 is 19.5 Å². The van der Waals surface area contributed by atoms with Crippen molar-refractivity contribution in [2.45, 2.75) is 0 Å². The van der Waals surface area contributed by atoms with Gasteiger partial charge in [-0.1, -0.05) is 18.2 Å². The van der Waals surface area contributed by atoms with Gasteiger partial charge < -0.3 is 14.2 Å². The molecule has 0 spiro atoms. The third kappa shape index (κ3) is 4.27. The van der Waals surface area contributed by atoms with Gasteiger partial charge in [0, 0.05) is 0 Å². The van der Waals surface area contributed by atoms with Crippen LogP contribution in [0.2, 0.25) is 0 Å². The van der Waals surface area contributed by atoms with Gasteiger partial charge >= 0.3 is 18.9 Å². The van der Waals surface area contributed by atoms with Crippen molar-refractivity contribution in [1.29, 1.82) is 0 Å². The van der Waals surface area contributed by atoms with Crippen molar-refractivity contribution in [3.8, 4) is 17.2 Å². The van der Waals surface area contributed by atoms with E-state index in [-0.39, 0.29) is 33.0 Å². The van der Waals surface area contributed by atoms with Crippen LogP contribution >= 0.6 is 8.58 Å². The van der Waals surface area contributed by atoms with E-state index in [1.807, 2.05) is 24.3 Å². The molecule has 0 N–H and O–H groups in total. The Labute approximate surface area is 144 Å². The van der Waals surface area contributed by atoms with E-state index in [0.29, 0.717) is 17.1 Å². The second-order valence-electron chi connectivity index (χ2n) is 4.22. The first-order chi connectivity index (χ1) is 10.2. The zero-order chi connectivity index (χ0) is 15.2. The first kappa shape index (κ1) is 18.6. The van der Waals surface area contributed by atoms with E-state index in [1.54, 1.807) is 39.5 Å². The molecule has 0 amide bonds. The maximum atomic E-state index is 12.5. The van der Waals surface area contributed by atoms with Gasteiger partial charge in [0.05, 0.1) is 21.3 Å². The summed E-state index contributed by atoms with van der Waals surface area (Å²) in [6.45, 7) is 0. The Bertz CT molecular complexity index is 606. The Morgan fingerprint density at radius 1 is 0.864 bits per heavy atom. The molecule has 6 heteroatoms. The molecule has 1 unspecified atom stereocenters. The summed E-state index contributed by atoms with van der Waals surface area (Å²) >= 11 is 0. The van der Waals surface area contributed by atoms with E-state index >= 15 is 0 Å². The van der Waals surface area contributed by atoms with Crippen molar-refractivity contribution in [3.63, 3.8) is 0 Å². The molecular weight excluding hydrogens is 294 g/mol. The predicted octanol–water partition coefficient (Wildman–Crippen LogP) is 2.21. The summed E-state index contributed by atoms with van der Waals surface area (Å²) in [5, 5.41) is 0.939. The summed E-state index contributed by atoms with van der Waals surface area (Å²) in [5.74, 6) is 1.83. The number of ether oxygens (including phenoxy) is 3. The Hall–Kier alpha value is -1.46. The van der Waals surface area contributed by atoms with Crippen LogP contribution in [0.3, 0.4) is 0 Å². The fraction of sp³-hybridized carbons (Fsp3) is 0.188. The molecule has 0 aromatic heterocycles. The molecule has 0 saturated carbocycles. The molecule has 4 nitrogen and oxygen atoms in total. The van der Waals surface area contributed by atoms with Gasteiger partial charge in [-0.3, -0.25) is 4.79 Å². The third-order valence-electron chi connectivity index (χ3n) is 3.00. The molecule has 0 aliphatic heterocycles. The van der Waals surface area contributed by atoms with E-state index < -0.39 is 0 Å². The topological polar surface area (TPSA) is 44.8 Å². The molecule has 22 heavy (non-hydrogen) atoms. The second kappa shape index (κ2) is 8.85. The van der Waals surface area contributed by atoms with Crippen LogP contribution in [-0.2, 0) is 0 Å². The SMILES string of the molecule is COc1ccc(PC(=O)c2c(OC)cccc2OC)cc1.[LiH]. The number of rotatable bonds is 6. The quantitative estimate of drug-likeness (QED) is 0.606. The number of carbonyl (C=O) groups excluding carboxylic acids is 1. The molecule has 2 rings (SSSR count). The van der Waals surface area contributed by atoms with Crippen LogP contribution in [0.4, 0.5) is 0 Å². The van der Waals surface area contributed by atoms with Gasteiger partial charge in [0.1, 0.15) is 22.8 Å². The molecule has 0 bridgehead atoms. The standard InChI is InChI=1S/C16H17O4P.Li.H/c1-18-11-7-9-12(10-8-11)21-16(17)15-13(19-2)5-4-6-14(15)20-3;;/h4-10,21H,1-3H3;;. The van der Waals surface area contributed by atoms with E-state index in [0.717, 1.165) is 11.1 Å². The number of methoxy groups -OCH3 is 3. The average Bonchev–Trinajstić information content (AvgIpc) is 2.54. The minimum absolute atomic E-state index is 0. The first-order valence-corrected chi connectivity index (χ1v) is 7.36. The molecule has 0 radical (unpaired) electrons. The summed E-state index contributed by atoms with van der Waals surface area (Å²) in [5.41, 5.74) is 0.464. The van der Waals surface area contributed by atoms with Crippen molar-refractivity contribution in [2.24, 2.45) is 0 Å². The normalized spacial score (nSPS) is 10.1. The summed E-state index contributed by atoms with van der Waals surface area (Å²) in [6.07, 6.45) is 0. The number of benzene rings is 2. The fourth-order valence-electron chi connectivity index (χ4n) is 1.94. The summed E-state index contributed by atoms with van der Waals surface area (Å²) in [4.78, 5) is 12.5. The van der Waals surface area contributed by atoms with Gasteiger partial charge in [-0.2, -0.15) is 0 Å². The van der Waals surface area contributed by atoms with Crippen LogP contribution in [0, 0.1) is 0 Å². The molecule has 0 aliphatic carbocycles. The average molecular weight is 312 g/mol. The molecule has 2 aromatic rings. The number of hydrogen-bond donors (Lipinski definition) is 0. The van der Waals surface area contributed by atoms with E-state index in [4.69, 9.17) is 14.2 Å². The zero-order valence-corrected chi connectivity index (χ0v) is 13.2. The van der Waals surface area contributed by atoms with Crippen molar-refractivity contribution < 1.29 is 19.0 Å². The Kier molecular flexibility index (Phi) is 7.48. The number of carbonyl (C=O) groups is 1. The van der Waals surface area contributed by atoms with Gasteiger partial charge in [-0.05, 0) is 38.2 Å². The molecule has 0 fully saturated rings.